The average Bonchev–Trinajstić information content (AvgIpc) is 2.37. The van der Waals surface area contributed by atoms with Gasteiger partial charge in [0, 0.05) is 6.20 Å². The molecule has 1 aromatic carbocycles. The van der Waals surface area contributed by atoms with Crippen LogP contribution in [0.3, 0.4) is 0 Å². The number of halogens is 1. The molecule has 7 nitrogen and oxygen atoms in total. The summed E-state index contributed by atoms with van der Waals surface area (Å²) in [6, 6.07) is 6.12. The Morgan fingerprint density at radius 2 is 2.00 bits per heavy atom. The van der Waals surface area contributed by atoms with E-state index in [9.17, 15) is 13.2 Å². The molecule has 0 amide bonds. The number of carbonyl (C=O) groups is 1. The molecule has 21 heavy (non-hydrogen) atoms. The molecule has 0 bridgehead atoms. The van der Waals surface area contributed by atoms with E-state index in [4.69, 9.17) is 22.4 Å². The predicted octanol–water partition coefficient (Wildman–Crippen LogP) is 1.82. The molecule has 9 heteroatoms. The number of sulfonamides is 1. The highest BCUT2D eigenvalue weighted by Crippen LogP contribution is 2.23. The lowest BCUT2D eigenvalue weighted by atomic mass is 10.2. The number of nitrogens with one attached hydrogen (secondary N) is 1. The van der Waals surface area contributed by atoms with Gasteiger partial charge in [0.1, 0.15) is 10.0 Å². The lowest BCUT2D eigenvalue weighted by Crippen LogP contribution is -2.15. The van der Waals surface area contributed by atoms with Crippen LogP contribution in [0.1, 0.15) is 10.4 Å². The molecule has 1 heterocycles. The first kappa shape index (κ1) is 15.1. The molecule has 1 aromatic heterocycles. The molecular weight excluding hydrogens is 318 g/mol. The second-order valence-electron chi connectivity index (χ2n) is 4.03. The Morgan fingerprint density at radius 3 is 2.57 bits per heavy atom. The number of nitrogens with zero attached hydrogens (tertiary/aromatic N) is 1. The summed E-state index contributed by atoms with van der Waals surface area (Å²) in [5, 5.41) is 8.96. The van der Waals surface area contributed by atoms with Crippen LogP contribution in [-0.2, 0) is 10.0 Å². The van der Waals surface area contributed by atoms with E-state index in [-0.39, 0.29) is 27.0 Å². The van der Waals surface area contributed by atoms with Crippen molar-refractivity contribution in [2.75, 3.05) is 10.5 Å². The van der Waals surface area contributed by atoms with Crippen LogP contribution >= 0.6 is 11.6 Å². The average molecular weight is 328 g/mol. The Morgan fingerprint density at radius 1 is 1.29 bits per heavy atom. The smallest absolute Gasteiger partial charge is 0.335 e. The van der Waals surface area contributed by atoms with Gasteiger partial charge in [0.15, 0.2) is 0 Å². The van der Waals surface area contributed by atoms with Crippen molar-refractivity contribution in [1.29, 1.82) is 0 Å². The molecule has 0 saturated heterocycles. The predicted molar refractivity (Wildman–Crippen MR) is 77.9 cm³/mol. The first-order valence-electron chi connectivity index (χ1n) is 5.57. The van der Waals surface area contributed by atoms with Crippen molar-refractivity contribution in [3.8, 4) is 0 Å². The Labute approximate surface area is 125 Å². The summed E-state index contributed by atoms with van der Waals surface area (Å²) in [6.07, 6.45) is 1.34. The van der Waals surface area contributed by atoms with E-state index in [2.05, 4.69) is 9.71 Å². The number of hydrogen-bond donors (Lipinski definition) is 3. The van der Waals surface area contributed by atoms with E-state index in [0.29, 0.717) is 0 Å². The van der Waals surface area contributed by atoms with Crippen LogP contribution in [0.4, 0.5) is 11.4 Å². The molecule has 0 aliphatic heterocycles. The van der Waals surface area contributed by atoms with Crippen LogP contribution < -0.4 is 10.5 Å². The summed E-state index contributed by atoms with van der Waals surface area (Å²) in [5.74, 6) is -1.19. The number of carboxylic acid groups (broad SMARTS) is 1. The number of rotatable bonds is 4. The number of carboxylic acids is 1. The van der Waals surface area contributed by atoms with Crippen molar-refractivity contribution >= 4 is 39.0 Å². The third-order valence-corrected chi connectivity index (χ3v) is 4.19. The van der Waals surface area contributed by atoms with Gasteiger partial charge in [-0.3, -0.25) is 4.72 Å². The second kappa shape index (κ2) is 5.58. The van der Waals surface area contributed by atoms with Crippen LogP contribution in [-0.4, -0.2) is 24.5 Å². The number of benzene rings is 1. The zero-order chi connectivity index (χ0) is 15.6. The second-order valence-corrected chi connectivity index (χ2v) is 6.07. The van der Waals surface area contributed by atoms with Gasteiger partial charge in [-0.15, -0.1) is 0 Å². The van der Waals surface area contributed by atoms with Gasteiger partial charge in [0.05, 0.1) is 16.9 Å². The maximum atomic E-state index is 12.2. The lowest BCUT2D eigenvalue weighted by molar-refractivity contribution is 0.0697. The summed E-state index contributed by atoms with van der Waals surface area (Å²) in [6.45, 7) is 0. The van der Waals surface area contributed by atoms with Crippen LogP contribution in [0.2, 0.25) is 5.15 Å². The summed E-state index contributed by atoms with van der Waals surface area (Å²) < 4.78 is 26.7. The van der Waals surface area contributed by atoms with Crippen LogP contribution in [0.5, 0.6) is 0 Å². The molecule has 0 aliphatic rings. The molecule has 2 rings (SSSR count). The molecule has 0 radical (unpaired) electrons. The van der Waals surface area contributed by atoms with E-state index in [1.165, 1.54) is 18.3 Å². The van der Waals surface area contributed by atoms with Crippen molar-refractivity contribution in [2.45, 2.75) is 4.90 Å². The van der Waals surface area contributed by atoms with E-state index in [1.54, 1.807) is 0 Å². The summed E-state index contributed by atoms with van der Waals surface area (Å²) in [5.41, 5.74) is 5.56. The molecule has 0 fully saturated rings. The minimum atomic E-state index is -3.96. The minimum absolute atomic E-state index is 0.0987. The molecule has 0 spiro atoms. The van der Waals surface area contributed by atoms with Crippen molar-refractivity contribution in [2.24, 2.45) is 0 Å². The van der Waals surface area contributed by atoms with Crippen molar-refractivity contribution in [3.05, 3.63) is 47.2 Å². The summed E-state index contributed by atoms with van der Waals surface area (Å²) >= 11 is 5.67. The molecule has 0 saturated carbocycles. The number of hydrogen-bond acceptors (Lipinski definition) is 5. The van der Waals surface area contributed by atoms with E-state index < -0.39 is 16.0 Å². The summed E-state index contributed by atoms with van der Waals surface area (Å²) in [4.78, 5) is 14.3. The van der Waals surface area contributed by atoms with Crippen LogP contribution in [0, 0.1) is 0 Å². The van der Waals surface area contributed by atoms with Crippen molar-refractivity contribution < 1.29 is 18.3 Å². The number of pyridine rings is 1. The third-order valence-electron chi connectivity index (χ3n) is 2.53. The zero-order valence-corrected chi connectivity index (χ0v) is 12.0. The van der Waals surface area contributed by atoms with E-state index in [1.807, 2.05) is 0 Å². The maximum absolute atomic E-state index is 12.2. The van der Waals surface area contributed by atoms with Gasteiger partial charge in [-0.05, 0) is 30.3 Å². The quantitative estimate of drug-likeness (QED) is 0.581. The van der Waals surface area contributed by atoms with Crippen molar-refractivity contribution in [1.82, 2.24) is 4.98 Å². The fraction of sp³-hybridized carbons (Fsp3) is 0. The van der Waals surface area contributed by atoms with Gasteiger partial charge in [-0.1, -0.05) is 11.6 Å². The van der Waals surface area contributed by atoms with E-state index in [0.717, 1.165) is 18.2 Å². The molecule has 110 valence electrons. The fourth-order valence-electron chi connectivity index (χ4n) is 1.60. The topological polar surface area (TPSA) is 122 Å². The normalized spacial score (nSPS) is 11.1. The maximum Gasteiger partial charge on any atom is 0.335 e. The van der Waals surface area contributed by atoms with Gasteiger partial charge in [-0.25, -0.2) is 18.2 Å². The zero-order valence-electron chi connectivity index (χ0n) is 10.4. The standard InChI is InChI=1S/C12H10ClN3O4S/c13-11-6-8(3-4-15-11)16-21(19,20)10-2-1-7(12(17)18)5-9(10)14/h1-6H,14H2,(H,15,16)(H,17,18). The fourth-order valence-corrected chi connectivity index (χ4v) is 2.94. The Kier molecular flexibility index (Phi) is 4.01. The largest absolute Gasteiger partial charge is 0.478 e. The number of aromatic carboxylic acids is 1. The van der Waals surface area contributed by atoms with Crippen molar-refractivity contribution in [3.63, 3.8) is 0 Å². The monoisotopic (exact) mass is 327 g/mol. The highest BCUT2D eigenvalue weighted by atomic mass is 35.5. The first-order chi connectivity index (χ1) is 9.79. The Hall–Kier alpha value is -2.32. The van der Waals surface area contributed by atoms with Gasteiger partial charge in [-0.2, -0.15) is 0 Å². The molecule has 0 atom stereocenters. The Bertz CT molecular complexity index is 808. The summed E-state index contributed by atoms with van der Waals surface area (Å²) in [7, 11) is -3.96. The molecule has 0 unspecified atom stereocenters. The van der Waals surface area contributed by atoms with Crippen LogP contribution in [0.25, 0.3) is 0 Å². The molecule has 2 aromatic rings. The molecular formula is C12H10ClN3O4S. The van der Waals surface area contributed by atoms with E-state index >= 15 is 0 Å². The number of nitrogen functional groups attached to an aromatic ring is 1. The molecule has 4 N–H and O–H groups in total. The first-order valence-corrected chi connectivity index (χ1v) is 7.43. The number of anilines is 2. The van der Waals surface area contributed by atoms with Gasteiger partial charge < -0.3 is 10.8 Å². The highest BCUT2D eigenvalue weighted by molar-refractivity contribution is 7.92. The molecule has 0 aliphatic carbocycles. The van der Waals surface area contributed by atoms with Crippen LogP contribution in [0.15, 0.2) is 41.4 Å². The highest BCUT2D eigenvalue weighted by Gasteiger charge is 2.19. The third kappa shape index (κ3) is 3.41. The number of nitrogens with two attached hydrogens (primary N) is 1. The van der Waals surface area contributed by atoms with Gasteiger partial charge in [0.25, 0.3) is 10.0 Å². The van der Waals surface area contributed by atoms with Gasteiger partial charge >= 0.3 is 5.97 Å². The van der Waals surface area contributed by atoms with Gasteiger partial charge in [0.2, 0.25) is 0 Å². The Balaban J connectivity index is 2.38. The minimum Gasteiger partial charge on any atom is -0.478 e. The lowest BCUT2D eigenvalue weighted by Gasteiger charge is -2.10. The SMILES string of the molecule is Nc1cc(C(=O)O)ccc1S(=O)(=O)Nc1ccnc(Cl)c1. The number of aromatic nitrogens is 1.